The van der Waals surface area contributed by atoms with Gasteiger partial charge in [0.25, 0.3) is 0 Å². The Hall–Kier alpha value is 0.0900. The SMILES string of the molecule is C=CC(C)CCCC(C)CCCC(C)CCCC(C)SC. The molecule has 0 heterocycles. The molecule has 0 aromatic heterocycles. The average molecular weight is 313 g/mol. The normalized spacial score (nSPS) is 17.2. The van der Waals surface area contributed by atoms with E-state index in [0.29, 0.717) is 5.92 Å². The van der Waals surface area contributed by atoms with Crippen LogP contribution in [-0.2, 0) is 0 Å². The number of thioether (sulfide) groups is 1. The van der Waals surface area contributed by atoms with Crippen LogP contribution in [0.3, 0.4) is 0 Å². The molecular formula is C20H40S. The molecule has 0 N–H and O–H groups in total. The number of hydrogen-bond donors (Lipinski definition) is 0. The van der Waals surface area contributed by atoms with Crippen LogP contribution in [0.4, 0.5) is 0 Å². The fraction of sp³-hybridized carbons (Fsp3) is 0.900. The zero-order chi connectivity index (χ0) is 16.1. The van der Waals surface area contributed by atoms with Gasteiger partial charge in [0.15, 0.2) is 0 Å². The van der Waals surface area contributed by atoms with E-state index in [9.17, 15) is 0 Å². The van der Waals surface area contributed by atoms with Gasteiger partial charge in [-0.3, -0.25) is 0 Å². The molecule has 0 fully saturated rings. The predicted octanol–water partition coefficient (Wildman–Crippen LogP) is 7.34. The minimum atomic E-state index is 0.695. The molecule has 0 nitrogen and oxygen atoms in total. The zero-order valence-corrected chi connectivity index (χ0v) is 16.2. The minimum Gasteiger partial charge on any atom is -0.162 e. The summed E-state index contributed by atoms with van der Waals surface area (Å²) >= 11 is 2.00. The molecule has 0 radical (unpaired) electrons. The molecular weight excluding hydrogens is 272 g/mol. The van der Waals surface area contributed by atoms with Gasteiger partial charge in [0.05, 0.1) is 0 Å². The second-order valence-corrected chi connectivity index (χ2v) is 8.54. The highest BCUT2D eigenvalue weighted by atomic mass is 32.2. The largest absolute Gasteiger partial charge is 0.162 e. The Kier molecular flexibility index (Phi) is 13.8. The van der Waals surface area contributed by atoms with Crippen molar-refractivity contribution in [2.24, 2.45) is 17.8 Å². The van der Waals surface area contributed by atoms with Crippen molar-refractivity contribution in [1.82, 2.24) is 0 Å². The highest BCUT2D eigenvalue weighted by molar-refractivity contribution is 7.99. The number of hydrogen-bond acceptors (Lipinski definition) is 1. The first-order valence-corrected chi connectivity index (χ1v) is 10.4. The smallest absolute Gasteiger partial charge is 0.00159 e. The van der Waals surface area contributed by atoms with E-state index < -0.39 is 0 Å². The van der Waals surface area contributed by atoms with Crippen LogP contribution in [0.5, 0.6) is 0 Å². The van der Waals surface area contributed by atoms with Crippen molar-refractivity contribution in [2.45, 2.75) is 90.7 Å². The van der Waals surface area contributed by atoms with Crippen LogP contribution in [0.15, 0.2) is 12.7 Å². The van der Waals surface area contributed by atoms with E-state index in [-0.39, 0.29) is 0 Å². The average Bonchev–Trinajstić information content (AvgIpc) is 2.46. The molecule has 0 aliphatic carbocycles. The summed E-state index contributed by atoms with van der Waals surface area (Å²) in [6, 6.07) is 0. The standard InChI is InChI=1S/C20H40S/c1-7-17(2)11-8-12-18(3)13-9-14-19(4)15-10-16-20(5)21-6/h7,17-20H,1,8-16H2,2-6H3. The lowest BCUT2D eigenvalue weighted by Crippen LogP contribution is -2.01. The van der Waals surface area contributed by atoms with Crippen molar-refractivity contribution in [2.75, 3.05) is 6.26 Å². The monoisotopic (exact) mass is 312 g/mol. The van der Waals surface area contributed by atoms with Crippen molar-refractivity contribution in [3.8, 4) is 0 Å². The van der Waals surface area contributed by atoms with Crippen molar-refractivity contribution < 1.29 is 0 Å². The van der Waals surface area contributed by atoms with E-state index in [1.54, 1.807) is 0 Å². The molecule has 0 bridgehead atoms. The Morgan fingerprint density at radius 3 is 1.62 bits per heavy atom. The van der Waals surface area contributed by atoms with Crippen molar-refractivity contribution in [3.63, 3.8) is 0 Å². The van der Waals surface area contributed by atoms with Crippen molar-refractivity contribution in [1.29, 1.82) is 0 Å². The molecule has 0 saturated heterocycles. The second kappa shape index (κ2) is 13.7. The molecule has 0 aliphatic rings. The van der Waals surface area contributed by atoms with Gasteiger partial charge in [-0.2, -0.15) is 11.8 Å². The Morgan fingerprint density at radius 2 is 1.19 bits per heavy atom. The molecule has 4 unspecified atom stereocenters. The van der Waals surface area contributed by atoms with Crippen molar-refractivity contribution in [3.05, 3.63) is 12.7 Å². The van der Waals surface area contributed by atoms with Crippen LogP contribution < -0.4 is 0 Å². The van der Waals surface area contributed by atoms with E-state index in [1.807, 2.05) is 11.8 Å². The molecule has 21 heavy (non-hydrogen) atoms. The highest BCUT2D eigenvalue weighted by Crippen LogP contribution is 2.22. The molecule has 126 valence electrons. The van der Waals surface area contributed by atoms with E-state index in [0.717, 1.165) is 17.1 Å². The van der Waals surface area contributed by atoms with Gasteiger partial charge in [-0.05, 0) is 36.9 Å². The zero-order valence-electron chi connectivity index (χ0n) is 15.4. The van der Waals surface area contributed by atoms with E-state index in [4.69, 9.17) is 0 Å². The summed E-state index contributed by atoms with van der Waals surface area (Å²) in [6.07, 6.45) is 16.9. The third kappa shape index (κ3) is 13.5. The summed E-state index contributed by atoms with van der Waals surface area (Å²) in [5.74, 6) is 2.53. The summed E-state index contributed by atoms with van der Waals surface area (Å²) in [4.78, 5) is 0. The predicted molar refractivity (Wildman–Crippen MR) is 102 cm³/mol. The molecule has 0 aromatic rings. The van der Waals surface area contributed by atoms with Crippen LogP contribution in [-0.4, -0.2) is 11.5 Å². The maximum Gasteiger partial charge on any atom is 0.00159 e. The number of allylic oxidation sites excluding steroid dienone is 1. The van der Waals surface area contributed by atoms with Gasteiger partial charge in [-0.1, -0.05) is 78.7 Å². The van der Waals surface area contributed by atoms with E-state index in [2.05, 4.69) is 46.6 Å². The number of rotatable bonds is 14. The summed E-state index contributed by atoms with van der Waals surface area (Å²) in [7, 11) is 0. The Bertz CT molecular complexity index is 236. The maximum absolute atomic E-state index is 3.87. The first kappa shape index (κ1) is 21.1. The molecule has 0 amide bonds. The van der Waals surface area contributed by atoms with Crippen LogP contribution >= 0.6 is 11.8 Å². The van der Waals surface area contributed by atoms with Gasteiger partial charge < -0.3 is 0 Å². The lowest BCUT2D eigenvalue weighted by atomic mass is 9.91. The first-order chi connectivity index (χ1) is 9.99. The van der Waals surface area contributed by atoms with Crippen LogP contribution in [0, 0.1) is 17.8 Å². The summed E-state index contributed by atoms with van der Waals surface area (Å²) in [6.45, 7) is 13.4. The van der Waals surface area contributed by atoms with Crippen molar-refractivity contribution >= 4 is 11.8 Å². The molecule has 0 saturated carbocycles. The first-order valence-electron chi connectivity index (χ1n) is 9.14. The Morgan fingerprint density at radius 1 is 0.762 bits per heavy atom. The van der Waals surface area contributed by atoms with Crippen LogP contribution in [0.25, 0.3) is 0 Å². The fourth-order valence-electron chi connectivity index (χ4n) is 2.88. The third-order valence-electron chi connectivity index (χ3n) is 4.86. The molecule has 4 atom stereocenters. The molecule has 0 spiro atoms. The van der Waals surface area contributed by atoms with Gasteiger partial charge >= 0.3 is 0 Å². The maximum atomic E-state index is 3.87. The van der Waals surface area contributed by atoms with Gasteiger partial charge in [0.2, 0.25) is 0 Å². The second-order valence-electron chi connectivity index (χ2n) is 7.26. The van der Waals surface area contributed by atoms with Crippen LogP contribution in [0.2, 0.25) is 0 Å². The van der Waals surface area contributed by atoms with E-state index >= 15 is 0 Å². The molecule has 0 aliphatic heterocycles. The minimum absolute atomic E-state index is 0.695. The quantitative estimate of drug-likeness (QED) is 0.302. The fourth-order valence-corrected chi connectivity index (χ4v) is 3.28. The molecule has 0 rings (SSSR count). The Balaban J connectivity index is 3.48. The summed E-state index contributed by atoms with van der Waals surface area (Å²) < 4.78 is 0. The molecule has 0 aromatic carbocycles. The van der Waals surface area contributed by atoms with Gasteiger partial charge in [-0.25, -0.2) is 0 Å². The van der Waals surface area contributed by atoms with E-state index in [1.165, 1.54) is 57.8 Å². The van der Waals surface area contributed by atoms with Gasteiger partial charge in [-0.15, -0.1) is 6.58 Å². The third-order valence-corrected chi connectivity index (χ3v) is 5.90. The lowest BCUT2D eigenvalue weighted by molar-refractivity contribution is 0.390. The summed E-state index contributed by atoms with van der Waals surface area (Å²) in [5, 5.41) is 0.843. The van der Waals surface area contributed by atoms with Gasteiger partial charge in [0, 0.05) is 5.25 Å². The topological polar surface area (TPSA) is 0 Å². The summed E-state index contributed by atoms with van der Waals surface area (Å²) in [5.41, 5.74) is 0. The molecule has 1 heteroatoms. The Labute approximate surface area is 139 Å². The van der Waals surface area contributed by atoms with Crippen LogP contribution in [0.1, 0.15) is 85.5 Å². The highest BCUT2D eigenvalue weighted by Gasteiger charge is 2.07. The van der Waals surface area contributed by atoms with Gasteiger partial charge in [0.1, 0.15) is 0 Å². The lowest BCUT2D eigenvalue weighted by Gasteiger charge is -2.15.